The third-order valence-electron chi connectivity index (χ3n) is 6.18. The Bertz CT molecular complexity index is 1580. The van der Waals surface area contributed by atoms with Crippen molar-refractivity contribution in [1.29, 1.82) is 0 Å². The molecule has 0 aliphatic carbocycles. The van der Waals surface area contributed by atoms with Crippen LogP contribution in [0.1, 0.15) is 33.9 Å². The van der Waals surface area contributed by atoms with E-state index in [0.29, 0.717) is 27.8 Å². The van der Waals surface area contributed by atoms with Crippen molar-refractivity contribution >= 4 is 11.9 Å². The van der Waals surface area contributed by atoms with Crippen molar-refractivity contribution < 1.29 is 50.9 Å². The molecule has 0 saturated carbocycles. The van der Waals surface area contributed by atoms with Crippen LogP contribution in [0.5, 0.6) is 11.5 Å². The molecule has 1 amide bonds. The average molecular weight is 589 g/mol. The maximum absolute atomic E-state index is 13.1. The molecule has 218 valence electrons. The Morgan fingerprint density at radius 1 is 0.762 bits per heavy atom. The number of aromatic hydroxyl groups is 1. The zero-order valence-electron chi connectivity index (χ0n) is 21.3. The van der Waals surface area contributed by atoms with E-state index in [1.807, 2.05) is 0 Å². The van der Waals surface area contributed by atoms with Crippen molar-refractivity contribution in [2.75, 3.05) is 0 Å². The van der Waals surface area contributed by atoms with Gasteiger partial charge in [-0.05, 0) is 64.2 Å². The normalized spacial score (nSPS) is 12.4. The van der Waals surface area contributed by atoms with E-state index in [4.69, 9.17) is 0 Å². The van der Waals surface area contributed by atoms with Gasteiger partial charge in [-0.2, -0.15) is 13.2 Å². The molecule has 0 aliphatic heterocycles. The highest BCUT2D eigenvalue weighted by atomic mass is 19.4. The van der Waals surface area contributed by atoms with Gasteiger partial charge >= 0.3 is 18.5 Å². The zero-order valence-corrected chi connectivity index (χ0v) is 21.3. The Balaban J connectivity index is 1.56. The number of ether oxygens (including phenoxy) is 1. The second-order valence-electron chi connectivity index (χ2n) is 9.13. The molecule has 1 atom stereocenters. The Hall–Kier alpha value is -5.00. The number of benzene rings is 4. The summed E-state index contributed by atoms with van der Waals surface area (Å²) in [5.41, 5.74) is 0.840. The first kappa shape index (κ1) is 30.0. The molecule has 4 rings (SSSR count). The summed E-state index contributed by atoms with van der Waals surface area (Å²) < 4.78 is 80.4. The highest BCUT2D eigenvalue weighted by molar-refractivity contribution is 5.98. The number of aliphatic carboxylic acids is 1. The number of nitrogens with one attached hydrogen (secondary N) is 1. The fourth-order valence-corrected chi connectivity index (χ4v) is 4.19. The summed E-state index contributed by atoms with van der Waals surface area (Å²) in [6, 6.07) is 18.3. The van der Waals surface area contributed by atoms with Crippen LogP contribution in [0, 0.1) is 0 Å². The molecule has 0 aliphatic rings. The molecule has 42 heavy (non-hydrogen) atoms. The van der Waals surface area contributed by atoms with Crippen LogP contribution in [0.2, 0.25) is 0 Å². The van der Waals surface area contributed by atoms with Crippen LogP contribution in [0.25, 0.3) is 22.3 Å². The molecular weight excluding hydrogens is 568 g/mol. The SMILES string of the molecule is O=C(O)CC(NC(=O)c1cc(-c2ccc(C(F)(F)F)cc2)ccc1O)c1ccc(-c2cccc(OC(F)(F)F)c2)cc1. The van der Waals surface area contributed by atoms with E-state index in [-0.39, 0.29) is 5.56 Å². The Morgan fingerprint density at radius 2 is 1.33 bits per heavy atom. The maximum Gasteiger partial charge on any atom is 0.573 e. The lowest BCUT2D eigenvalue weighted by molar-refractivity contribution is -0.274. The van der Waals surface area contributed by atoms with Gasteiger partial charge in [0.05, 0.1) is 23.6 Å². The highest BCUT2D eigenvalue weighted by Crippen LogP contribution is 2.33. The average Bonchev–Trinajstić information content (AvgIpc) is 2.91. The van der Waals surface area contributed by atoms with Crippen LogP contribution >= 0.6 is 0 Å². The van der Waals surface area contributed by atoms with Gasteiger partial charge in [0.15, 0.2) is 0 Å². The smallest absolute Gasteiger partial charge is 0.507 e. The molecule has 4 aromatic carbocycles. The van der Waals surface area contributed by atoms with E-state index in [1.54, 1.807) is 6.07 Å². The van der Waals surface area contributed by atoms with Gasteiger partial charge in [0.25, 0.3) is 5.91 Å². The van der Waals surface area contributed by atoms with Gasteiger partial charge in [0.2, 0.25) is 0 Å². The Labute approximate surface area is 234 Å². The quantitative estimate of drug-likeness (QED) is 0.184. The van der Waals surface area contributed by atoms with E-state index < -0.39 is 53.9 Å². The van der Waals surface area contributed by atoms with E-state index in [1.165, 1.54) is 66.7 Å². The number of carbonyl (C=O) groups excluding carboxylic acids is 1. The molecule has 0 radical (unpaired) electrons. The minimum atomic E-state index is -4.86. The molecule has 1 unspecified atom stereocenters. The molecule has 0 spiro atoms. The summed E-state index contributed by atoms with van der Waals surface area (Å²) in [6.07, 6.45) is -9.93. The van der Waals surface area contributed by atoms with Crippen LogP contribution in [0.3, 0.4) is 0 Å². The highest BCUT2D eigenvalue weighted by Gasteiger charge is 2.31. The van der Waals surface area contributed by atoms with E-state index >= 15 is 0 Å². The van der Waals surface area contributed by atoms with Gasteiger partial charge in [-0.15, -0.1) is 13.2 Å². The van der Waals surface area contributed by atoms with Crippen molar-refractivity contribution in [2.24, 2.45) is 0 Å². The second kappa shape index (κ2) is 11.9. The number of rotatable bonds is 8. The number of alkyl halides is 6. The number of amides is 1. The van der Waals surface area contributed by atoms with E-state index in [9.17, 15) is 46.1 Å². The predicted molar refractivity (Wildman–Crippen MR) is 140 cm³/mol. The first-order chi connectivity index (χ1) is 19.7. The fraction of sp³-hybridized carbons (Fsp3) is 0.133. The Kier molecular flexibility index (Phi) is 8.46. The van der Waals surface area contributed by atoms with Crippen LogP contribution in [0.15, 0.2) is 91.0 Å². The minimum Gasteiger partial charge on any atom is -0.507 e. The van der Waals surface area contributed by atoms with Gasteiger partial charge < -0.3 is 20.3 Å². The van der Waals surface area contributed by atoms with Crippen molar-refractivity contribution in [2.45, 2.75) is 25.0 Å². The van der Waals surface area contributed by atoms with Gasteiger partial charge in [0, 0.05) is 0 Å². The fourth-order valence-electron chi connectivity index (χ4n) is 4.19. The number of phenolic OH excluding ortho intramolecular Hbond substituents is 1. The summed E-state index contributed by atoms with van der Waals surface area (Å²) in [5.74, 6) is -2.94. The van der Waals surface area contributed by atoms with Gasteiger partial charge in [0.1, 0.15) is 11.5 Å². The number of carboxylic acids is 1. The molecule has 3 N–H and O–H groups in total. The summed E-state index contributed by atoms with van der Waals surface area (Å²) in [5, 5.41) is 22.3. The van der Waals surface area contributed by atoms with Crippen molar-refractivity contribution in [3.05, 3.63) is 108 Å². The van der Waals surface area contributed by atoms with Gasteiger partial charge in [-0.25, -0.2) is 0 Å². The summed E-state index contributed by atoms with van der Waals surface area (Å²) in [7, 11) is 0. The van der Waals surface area contributed by atoms with Crippen molar-refractivity contribution in [1.82, 2.24) is 5.32 Å². The topological polar surface area (TPSA) is 95.9 Å². The summed E-state index contributed by atoms with van der Waals surface area (Å²) in [4.78, 5) is 24.7. The molecular formula is C30H21F6NO5. The van der Waals surface area contributed by atoms with Crippen molar-refractivity contribution in [3.8, 4) is 33.8 Å². The van der Waals surface area contributed by atoms with Crippen LogP contribution in [-0.4, -0.2) is 28.5 Å². The molecule has 0 bridgehead atoms. The number of carbonyl (C=O) groups is 2. The molecule has 0 heterocycles. The number of carboxylic acid groups (broad SMARTS) is 1. The van der Waals surface area contributed by atoms with Crippen LogP contribution in [0.4, 0.5) is 26.3 Å². The van der Waals surface area contributed by atoms with E-state index in [2.05, 4.69) is 10.1 Å². The number of halogens is 6. The third kappa shape index (κ3) is 7.59. The lowest BCUT2D eigenvalue weighted by atomic mass is 9.98. The number of phenols is 1. The number of hydrogen-bond donors (Lipinski definition) is 3. The standard InChI is InChI=1S/C30H21F6NO5/c31-29(32,33)22-11-8-18(9-12-22)21-10-13-26(38)24(15-21)28(41)37-25(16-27(39)40)19-6-4-17(5-7-19)20-2-1-3-23(14-20)42-30(34,35)36/h1-15,25,38H,16H2,(H,37,41)(H,39,40). The van der Waals surface area contributed by atoms with Gasteiger partial charge in [-0.3, -0.25) is 9.59 Å². The number of hydrogen-bond acceptors (Lipinski definition) is 4. The van der Waals surface area contributed by atoms with Crippen LogP contribution < -0.4 is 10.1 Å². The van der Waals surface area contributed by atoms with Crippen molar-refractivity contribution in [3.63, 3.8) is 0 Å². The monoisotopic (exact) mass is 589 g/mol. The molecule has 0 saturated heterocycles. The van der Waals surface area contributed by atoms with Crippen LogP contribution in [-0.2, 0) is 11.0 Å². The molecule has 6 nitrogen and oxygen atoms in total. The lowest BCUT2D eigenvalue weighted by Crippen LogP contribution is -2.30. The predicted octanol–water partition coefficient (Wildman–Crippen LogP) is 7.59. The molecule has 0 aromatic heterocycles. The molecule has 4 aromatic rings. The minimum absolute atomic E-state index is 0.235. The molecule has 12 heteroatoms. The first-order valence-corrected chi connectivity index (χ1v) is 12.2. The van der Waals surface area contributed by atoms with E-state index in [0.717, 1.165) is 18.2 Å². The molecule has 0 fully saturated rings. The largest absolute Gasteiger partial charge is 0.573 e. The summed E-state index contributed by atoms with van der Waals surface area (Å²) in [6.45, 7) is 0. The van der Waals surface area contributed by atoms with Gasteiger partial charge in [-0.1, -0.05) is 54.6 Å². The third-order valence-corrected chi connectivity index (χ3v) is 6.18. The zero-order chi connectivity index (χ0) is 30.7. The first-order valence-electron chi connectivity index (χ1n) is 12.2. The maximum atomic E-state index is 13.1. The lowest BCUT2D eigenvalue weighted by Gasteiger charge is -2.19. The summed E-state index contributed by atoms with van der Waals surface area (Å²) >= 11 is 0. The second-order valence-corrected chi connectivity index (χ2v) is 9.13. The Morgan fingerprint density at radius 3 is 1.90 bits per heavy atom.